The van der Waals surface area contributed by atoms with E-state index in [2.05, 4.69) is 4.74 Å². The van der Waals surface area contributed by atoms with Crippen molar-refractivity contribution in [2.45, 2.75) is 88.1 Å². The van der Waals surface area contributed by atoms with Crippen LogP contribution in [0, 0.1) is 11.3 Å². The number of fused-ring (bicyclic) bond motifs is 4. The van der Waals surface area contributed by atoms with Gasteiger partial charge < -0.3 is 14.6 Å². The number of aliphatic hydroxyl groups excluding tert-OH is 1. The number of halogens is 4. The molecule has 0 unspecified atom stereocenters. The minimum absolute atomic E-state index is 0.0541. The Kier molecular flexibility index (Phi) is 6.43. The van der Waals surface area contributed by atoms with Crippen LogP contribution in [0.1, 0.15) is 69.5 Å². The second-order valence-electron chi connectivity index (χ2n) is 10.6. The van der Waals surface area contributed by atoms with Gasteiger partial charge in [-0.3, -0.25) is 14.3 Å². The molecule has 35 heavy (non-hydrogen) atoms. The van der Waals surface area contributed by atoms with E-state index < -0.39 is 30.3 Å². The van der Waals surface area contributed by atoms with E-state index in [0.29, 0.717) is 42.0 Å². The molecule has 6 rings (SSSR count). The van der Waals surface area contributed by atoms with Gasteiger partial charge in [-0.05, 0) is 62.6 Å². The van der Waals surface area contributed by atoms with Gasteiger partial charge in [0.2, 0.25) is 0 Å². The van der Waals surface area contributed by atoms with Crippen LogP contribution in [0.4, 0.5) is 13.2 Å². The molecule has 192 valence electrons. The fourth-order valence-electron chi connectivity index (χ4n) is 6.02. The summed E-state index contributed by atoms with van der Waals surface area (Å²) < 4.78 is 52.9. The van der Waals surface area contributed by atoms with Crippen molar-refractivity contribution in [1.29, 1.82) is 0 Å². The van der Waals surface area contributed by atoms with Crippen LogP contribution in [0.15, 0.2) is 18.2 Å². The minimum Gasteiger partial charge on any atom is -0.482 e. The third-order valence-electron chi connectivity index (χ3n) is 8.19. The summed E-state index contributed by atoms with van der Waals surface area (Å²) in [4.78, 5) is 26.1. The van der Waals surface area contributed by atoms with Gasteiger partial charge in [0.25, 0.3) is 0 Å². The number of hydrogen-bond donors (Lipinski definition) is 1. The summed E-state index contributed by atoms with van der Waals surface area (Å²) >= 11 is 6.00. The number of Topliss-reactive ketones (excluding diaryl/α,β-unsaturated/α-hetero) is 2. The molecule has 0 aromatic heterocycles. The van der Waals surface area contributed by atoms with Crippen LogP contribution < -0.4 is 4.74 Å². The van der Waals surface area contributed by atoms with Crippen LogP contribution in [0.2, 0.25) is 5.02 Å². The number of benzene rings is 1. The van der Waals surface area contributed by atoms with Crippen LogP contribution in [0.3, 0.4) is 0 Å². The lowest BCUT2D eigenvalue weighted by Crippen LogP contribution is -2.57. The van der Waals surface area contributed by atoms with Gasteiger partial charge in [-0.25, -0.2) is 0 Å². The number of rotatable bonds is 7. The third kappa shape index (κ3) is 5.10. The molecule has 5 aliphatic rings. The minimum atomic E-state index is -4.65. The maximum atomic E-state index is 13.1. The molecule has 0 spiro atoms. The summed E-state index contributed by atoms with van der Waals surface area (Å²) in [6.45, 7) is 0.288. The predicted octanol–water partition coefficient (Wildman–Crippen LogP) is 5.09. The molecule has 4 fully saturated rings. The van der Waals surface area contributed by atoms with E-state index in [4.69, 9.17) is 21.1 Å². The van der Waals surface area contributed by atoms with Crippen LogP contribution in [0.25, 0.3) is 0 Å². The standard InChI is InChI=1S/C25H28ClF3O6/c26-15-1-2-20-17(10-15)18(30)11-21(34-20)19(31)12-23-3-5-24(6-4-23,33-13-23)22(32)9-14-7-16(8-14)35-25(27,28)29/h1-2,10,14,16,18,21,30H,3-9,11-13H2/t14?,16?,18-,21-,23?,24?/m1/s1. The Morgan fingerprint density at radius 1 is 1.14 bits per heavy atom. The normalized spacial score (nSPS) is 36.1. The fraction of sp³-hybridized carbons (Fsp3) is 0.680. The van der Waals surface area contributed by atoms with Crippen molar-refractivity contribution in [3.63, 3.8) is 0 Å². The zero-order valence-electron chi connectivity index (χ0n) is 19.1. The van der Waals surface area contributed by atoms with E-state index in [1.807, 2.05) is 0 Å². The number of ether oxygens (including phenoxy) is 3. The molecule has 0 radical (unpaired) electrons. The topological polar surface area (TPSA) is 82.1 Å². The quantitative estimate of drug-likeness (QED) is 0.544. The lowest BCUT2D eigenvalue weighted by atomic mass is 9.61. The van der Waals surface area contributed by atoms with Crippen LogP contribution in [-0.4, -0.2) is 47.5 Å². The molecule has 2 saturated carbocycles. The molecule has 6 nitrogen and oxygen atoms in total. The molecule has 1 aromatic rings. The SMILES string of the molecule is O=C(CC12CCC(C(=O)CC3CC(OC(F)(F)F)C3)(CC1)OC2)[C@H]1C[C@@H](O)c2cc(Cl)ccc2O1. The molecule has 2 atom stereocenters. The third-order valence-corrected chi connectivity index (χ3v) is 8.43. The van der Waals surface area contributed by atoms with Crippen molar-refractivity contribution in [3.8, 4) is 5.75 Å². The van der Waals surface area contributed by atoms with Crippen molar-refractivity contribution in [3.05, 3.63) is 28.8 Å². The van der Waals surface area contributed by atoms with E-state index in [1.165, 1.54) is 0 Å². The average molecular weight is 517 g/mol. The van der Waals surface area contributed by atoms with Gasteiger partial charge in [-0.2, -0.15) is 0 Å². The van der Waals surface area contributed by atoms with Gasteiger partial charge in [0.15, 0.2) is 17.7 Å². The highest BCUT2D eigenvalue weighted by Gasteiger charge is 2.55. The highest BCUT2D eigenvalue weighted by molar-refractivity contribution is 6.30. The summed E-state index contributed by atoms with van der Waals surface area (Å²) in [6, 6.07) is 4.95. The largest absolute Gasteiger partial charge is 0.522 e. The van der Waals surface area contributed by atoms with Gasteiger partial charge in [0.1, 0.15) is 11.4 Å². The highest BCUT2D eigenvalue weighted by atomic mass is 35.5. The van der Waals surface area contributed by atoms with E-state index in [9.17, 15) is 27.9 Å². The van der Waals surface area contributed by atoms with E-state index in [0.717, 1.165) is 0 Å². The lowest BCUT2D eigenvalue weighted by Gasteiger charge is -2.53. The van der Waals surface area contributed by atoms with Crippen molar-refractivity contribution in [2.75, 3.05) is 6.61 Å². The molecular formula is C25H28ClF3O6. The molecule has 2 bridgehead atoms. The molecule has 2 aliphatic carbocycles. The number of carbonyl (C=O) groups is 2. The van der Waals surface area contributed by atoms with Crippen molar-refractivity contribution >= 4 is 23.2 Å². The summed E-state index contributed by atoms with van der Waals surface area (Å²) in [6.07, 6.45) is -3.72. The van der Waals surface area contributed by atoms with Crippen molar-refractivity contribution < 1.29 is 42.1 Å². The number of aliphatic hydroxyl groups is 1. The van der Waals surface area contributed by atoms with Gasteiger partial charge in [0, 0.05) is 35.3 Å². The average Bonchev–Trinajstić information content (AvgIpc) is 2.78. The zero-order chi connectivity index (χ0) is 25.0. The Bertz CT molecular complexity index is 981. The number of carbonyl (C=O) groups excluding carboxylic acids is 2. The second-order valence-corrected chi connectivity index (χ2v) is 11.1. The van der Waals surface area contributed by atoms with Crippen LogP contribution in [-0.2, 0) is 19.1 Å². The molecule has 3 aliphatic heterocycles. The molecule has 2 saturated heterocycles. The van der Waals surface area contributed by atoms with Gasteiger partial charge >= 0.3 is 6.36 Å². The first kappa shape index (κ1) is 25.0. The predicted molar refractivity (Wildman–Crippen MR) is 118 cm³/mol. The monoisotopic (exact) mass is 516 g/mol. The van der Waals surface area contributed by atoms with Crippen LogP contribution >= 0.6 is 11.6 Å². The zero-order valence-corrected chi connectivity index (χ0v) is 19.9. The Morgan fingerprint density at radius 3 is 2.49 bits per heavy atom. The first-order valence-corrected chi connectivity index (χ1v) is 12.4. The first-order chi connectivity index (χ1) is 16.5. The van der Waals surface area contributed by atoms with Gasteiger partial charge in [-0.15, -0.1) is 13.2 Å². The highest BCUT2D eigenvalue weighted by Crippen LogP contribution is 2.53. The Hall–Kier alpha value is -1.68. The second kappa shape index (κ2) is 9.01. The molecule has 0 amide bonds. The van der Waals surface area contributed by atoms with Crippen molar-refractivity contribution in [2.24, 2.45) is 11.3 Å². The van der Waals surface area contributed by atoms with E-state index in [-0.39, 0.29) is 61.6 Å². The number of ketones is 2. The van der Waals surface area contributed by atoms with E-state index in [1.54, 1.807) is 18.2 Å². The van der Waals surface area contributed by atoms with Gasteiger partial charge in [0.05, 0.1) is 18.8 Å². The lowest BCUT2D eigenvalue weighted by molar-refractivity contribution is -0.354. The van der Waals surface area contributed by atoms with E-state index >= 15 is 0 Å². The smallest absolute Gasteiger partial charge is 0.482 e. The summed E-state index contributed by atoms with van der Waals surface area (Å²) in [5.41, 5.74) is -0.684. The number of alkyl halides is 3. The van der Waals surface area contributed by atoms with Gasteiger partial charge in [-0.1, -0.05) is 11.6 Å². The number of hydrogen-bond acceptors (Lipinski definition) is 6. The maximum absolute atomic E-state index is 13.1. The first-order valence-electron chi connectivity index (χ1n) is 12.0. The Labute approximate surface area is 206 Å². The molecule has 1 N–H and O–H groups in total. The molecule has 3 heterocycles. The van der Waals surface area contributed by atoms with Crippen LogP contribution in [0.5, 0.6) is 5.75 Å². The maximum Gasteiger partial charge on any atom is 0.522 e. The Balaban J connectivity index is 1.13. The van der Waals surface area contributed by atoms with Crippen molar-refractivity contribution in [1.82, 2.24) is 0 Å². The molecule has 10 heteroatoms. The Morgan fingerprint density at radius 2 is 1.86 bits per heavy atom. The summed E-state index contributed by atoms with van der Waals surface area (Å²) in [5, 5.41) is 11.0. The summed E-state index contributed by atoms with van der Waals surface area (Å²) in [7, 11) is 0. The molecular weight excluding hydrogens is 489 g/mol. The molecule has 1 aromatic carbocycles. The summed E-state index contributed by atoms with van der Waals surface area (Å²) in [5.74, 6) is 0.187. The fourth-order valence-corrected chi connectivity index (χ4v) is 6.21.